The topological polar surface area (TPSA) is 46.9 Å². The quantitative estimate of drug-likeness (QED) is 0.765. The fourth-order valence-corrected chi connectivity index (χ4v) is 3.70. The Morgan fingerprint density at radius 3 is 2.68 bits per heavy atom. The maximum absolute atomic E-state index is 12.4. The van der Waals surface area contributed by atoms with Crippen LogP contribution in [0.15, 0.2) is 54.9 Å². The van der Waals surface area contributed by atoms with Crippen LogP contribution in [0.3, 0.4) is 0 Å². The Bertz CT molecular complexity index is 863. The number of hydrogen-bond donors (Lipinski definition) is 1. The summed E-state index contributed by atoms with van der Waals surface area (Å²) >= 11 is 0. The number of amides is 1. The van der Waals surface area contributed by atoms with Gasteiger partial charge >= 0.3 is 0 Å². The molecule has 0 aliphatic heterocycles. The molecule has 3 aromatic rings. The van der Waals surface area contributed by atoms with Crippen LogP contribution < -0.4 is 5.32 Å². The molecule has 1 heterocycles. The van der Waals surface area contributed by atoms with Crippen molar-refractivity contribution in [3.05, 3.63) is 66.0 Å². The van der Waals surface area contributed by atoms with Crippen molar-refractivity contribution in [2.24, 2.45) is 0 Å². The van der Waals surface area contributed by atoms with Crippen LogP contribution in [0, 0.1) is 0 Å². The molecule has 0 bridgehead atoms. The largest absolute Gasteiger partial charge is 0.348 e. The van der Waals surface area contributed by atoms with Crippen LogP contribution in [0.4, 0.5) is 0 Å². The van der Waals surface area contributed by atoms with Crippen molar-refractivity contribution >= 4 is 16.9 Å². The average Bonchev–Trinajstić information content (AvgIpc) is 3.11. The molecule has 0 unspecified atom stereocenters. The summed E-state index contributed by atoms with van der Waals surface area (Å²) in [6.07, 6.45) is 8.32. The van der Waals surface area contributed by atoms with E-state index < -0.39 is 0 Å². The normalized spacial score (nSPS) is 15.4. The van der Waals surface area contributed by atoms with Crippen molar-refractivity contribution in [1.29, 1.82) is 0 Å². The first kappa shape index (κ1) is 15.9. The molecule has 0 saturated heterocycles. The van der Waals surface area contributed by atoms with Gasteiger partial charge in [0.25, 0.3) is 5.91 Å². The van der Waals surface area contributed by atoms with Gasteiger partial charge in [0.1, 0.15) is 0 Å². The molecule has 4 heteroatoms. The highest BCUT2D eigenvalue weighted by Crippen LogP contribution is 2.30. The zero-order valence-corrected chi connectivity index (χ0v) is 14.3. The fourth-order valence-electron chi connectivity index (χ4n) is 3.70. The molecular weight excluding hydrogens is 310 g/mol. The number of carbonyl (C=O) groups is 1. The Hall–Kier alpha value is -2.62. The monoisotopic (exact) mass is 333 g/mol. The Morgan fingerprint density at radius 1 is 1.08 bits per heavy atom. The number of carbonyl (C=O) groups excluding carboxylic acids is 1. The molecule has 1 saturated carbocycles. The van der Waals surface area contributed by atoms with Crippen LogP contribution in [0.2, 0.25) is 0 Å². The van der Waals surface area contributed by atoms with Crippen LogP contribution in [-0.2, 0) is 6.54 Å². The molecular formula is C21H23N3O. The van der Waals surface area contributed by atoms with Gasteiger partial charge in [-0.2, -0.15) is 0 Å². The number of nitrogens with one attached hydrogen (secondary N) is 1. The predicted octanol–water partition coefficient (Wildman–Crippen LogP) is 4.47. The summed E-state index contributed by atoms with van der Waals surface area (Å²) in [6, 6.07) is 16.3. The third-order valence-corrected chi connectivity index (χ3v) is 5.10. The molecule has 0 spiro atoms. The van der Waals surface area contributed by atoms with Crippen molar-refractivity contribution in [3.63, 3.8) is 0 Å². The molecule has 2 aromatic carbocycles. The van der Waals surface area contributed by atoms with Gasteiger partial charge < -0.3 is 9.88 Å². The van der Waals surface area contributed by atoms with Crippen molar-refractivity contribution in [3.8, 4) is 0 Å². The van der Waals surface area contributed by atoms with E-state index in [4.69, 9.17) is 0 Å². The van der Waals surface area contributed by atoms with Crippen LogP contribution >= 0.6 is 0 Å². The van der Waals surface area contributed by atoms with E-state index in [1.54, 1.807) is 0 Å². The lowest BCUT2D eigenvalue weighted by Gasteiger charge is -2.23. The second-order valence-corrected chi connectivity index (χ2v) is 6.82. The molecule has 1 N–H and O–H groups in total. The summed E-state index contributed by atoms with van der Waals surface area (Å²) in [4.78, 5) is 17.0. The van der Waals surface area contributed by atoms with E-state index in [1.807, 2.05) is 54.9 Å². The number of aromatic nitrogens is 2. The highest BCUT2D eigenvalue weighted by atomic mass is 16.1. The zero-order chi connectivity index (χ0) is 17.1. The van der Waals surface area contributed by atoms with E-state index in [1.165, 1.54) is 32.1 Å². The fraction of sp³-hybridized carbons (Fsp3) is 0.333. The molecule has 4 nitrogen and oxygen atoms in total. The standard InChI is InChI=1S/C21H23N3O/c25-21(22-14-16-7-3-1-4-8-16)17-11-12-20-19(13-17)23-15-24(20)18-9-5-2-6-10-18/h1,3-4,7-8,11-13,15,18H,2,5-6,9-10,14H2,(H,22,25). The summed E-state index contributed by atoms with van der Waals surface area (Å²) < 4.78 is 2.29. The van der Waals surface area contributed by atoms with Gasteiger partial charge in [0.15, 0.2) is 0 Å². The molecule has 1 amide bonds. The van der Waals surface area contributed by atoms with Crippen molar-refractivity contribution < 1.29 is 4.79 Å². The maximum Gasteiger partial charge on any atom is 0.251 e. The molecule has 1 aliphatic rings. The molecule has 1 aliphatic carbocycles. The van der Waals surface area contributed by atoms with Gasteiger partial charge in [-0.15, -0.1) is 0 Å². The second kappa shape index (κ2) is 7.09. The van der Waals surface area contributed by atoms with Crippen LogP contribution in [-0.4, -0.2) is 15.5 Å². The van der Waals surface area contributed by atoms with E-state index in [0.29, 0.717) is 18.2 Å². The van der Waals surface area contributed by atoms with Crippen LogP contribution in [0.25, 0.3) is 11.0 Å². The van der Waals surface area contributed by atoms with Gasteiger partial charge in [-0.25, -0.2) is 4.98 Å². The predicted molar refractivity (Wildman–Crippen MR) is 99.5 cm³/mol. The van der Waals surface area contributed by atoms with Crippen molar-refractivity contribution in [1.82, 2.24) is 14.9 Å². The number of fused-ring (bicyclic) bond motifs is 1. The molecule has 0 radical (unpaired) electrons. The Labute approximate surface area is 147 Å². The minimum atomic E-state index is -0.0574. The number of rotatable bonds is 4. The van der Waals surface area contributed by atoms with E-state index in [-0.39, 0.29) is 5.91 Å². The highest BCUT2D eigenvalue weighted by Gasteiger charge is 2.18. The Balaban J connectivity index is 1.50. The summed E-state index contributed by atoms with van der Waals surface area (Å²) in [5.74, 6) is -0.0574. The highest BCUT2D eigenvalue weighted by molar-refractivity contribution is 5.97. The molecule has 128 valence electrons. The summed E-state index contributed by atoms with van der Waals surface area (Å²) in [5, 5.41) is 2.98. The number of imidazole rings is 1. The minimum Gasteiger partial charge on any atom is -0.348 e. The van der Waals surface area contributed by atoms with Gasteiger partial charge in [0.05, 0.1) is 17.4 Å². The molecule has 4 rings (SSSR count). The van der Waals surface area contributed by atoms with E-state index >= 15 is 0 Å². The van der Waals surface area contributed by atoms with Gasteiger partial charge in [-0.3, -0.25) is 4.79 Å². The molecule has 25 heavy (non-hydrogen) atoms. The summed E-state index contributed by atoms with van der Waals surface area (Å²) in [5.41, 5.74) is 3.79. The van der Waals surface area contributed by atoms with E-state index in [2.05, 4.69) is 14.9 Å². The van der Waals surface area contributed by atoms with Crippen molar-refractivity contribution in [2.75, 3.05) is 0 Å². The van der Waals surface area contributed by atoms with Crippen LogP contribution in [0.1, 0.15) is 54.1 Å². The average molecular weight is 333 g/mol. The maximum atomic E-state index is 12.4. The van der Waals surface area contributed by atoms with Gasteiger partial charge in [0.2, 0.25) is 0 Å². The molecule has 1 fully saturated rings. The lowest BCUT2D eigenvalue weighted by atomic mass is 9.95. The van der Waals surface area contributed by atoms with Gasteiger partial charge in [0, 0.05) is 18.2 Å². The third-order valence-electron chi connectivity index (χ3n) is 5.10. The van der Waals surface area contributed by atoms with Crippen LogP contribution in [0.5, 0.6) is 0 Å². The summed E-state index contributed by atoms with van der Waals surface area (Å²) in [6.45, 7) is 0.536. The lowest BCUT2D eigenvalue weighted by Crippen LogP contribution is -2.22. The van der Waals surface area contributed by atoms with E-state index in [0.717, 1.165) is 16.6 Å². The first-order valence-electron chi connectivity index (χ1n) is 9.10. The first-order chi connectivity index (χ1) is 12.3. The Kier molecular flexibility index (Phi) is 4.51. The van der Waals surface area contributed by atoms with Gasteiger partial charge in [-0.1, -0.05) is 49.6 Å². The van der Waals surface area contributed by atoms with Gasteiger partial charge in [-0.05, 0) is 36.6 Å². The Morgan fingerprint density at radius 2 is 1.88 bits per heavy atom. The second-order valence-electron chi connectivity index (χ2n) is 6.82. The first-order valence-corrected chi connectivity index (χ1v) is 9.10. The number of nitrogens with zero attached hydrogens (tertiary/aromatic N) is 2. The zero-order valence-electron chi connectivity index (χ0n) is 14.3. The SMILES string of the molecule is O=C(NCc1ccccc1)c1ccc2c(c1)ncn2C1CCCCC1. The number of benzene rings is 2. The number of hydrogen-bond acceptors (Lipinski definition) is 2. The molecule has 1 aromatic heterocycles. The minimum absolute atomic E-state index is 0.0574. The molecule has 0 atom stereocenters. The van der Waals surface area contributed by atoms with Crippen molar-refractivity contribution in [2.45, 2.75) is 44.7 Å². The smallest absolute Gasteiger partial charge is 0.251 e. The third kappa shape index (κ3) is 3.43. The lowest BCUT2D eigenvalue weighted by molar-refractivity contribution is 0.0951. The summed E-state index contributed by atoms with van der Waals surface area (Å²) in [7, 11) is 0. The van der Waals surface area contributed by atoms with E-state index in [9.17, 15) is 4.79 Å².